The van der Waals surface area contributed by atoms with E-state index in [1.807, 2.05) is 53.4 Å². The number of likely N-dealkylation sites (tertiary alicyclic amines) is 1. The Labute approximate surface area is 161 Å². The van der Waals surface area contributed by atoms with Gasteiger partial charge >= 0.3 is 0 Å². The minimum absolute atomic E-state index is 0.0238. The molecule has 0 saturated carbocycles. The number of benzene rings is 2. The Morgan fingerprint density at radius 2 is 2.07 bits per heavy atom. The molecule has 0 aliphatic carbocycles. The molecule has 28 heavy (non-hydrogen) atoms. The molecule has 1 unspecified atom stereocenters. The summed E-state index contributed by atoms with van der Waals surface area (Å²) in [5.74, 6) is 1.20. The molecular formula is C20H19N7O. The van der Waals surface area contributed by atoms with Crippen LogP contribution in [0.4, 0.5) is 0 Å². The maximum absolute atomic E-state index is 13.1. The monoisotopic (exact) mass is 373 g/mol. The molecule has 1 aliphatic heterocycles. The van der Waals surface area contributed by atoms with Gasteiger partial charge in [0.2, 0.25) is 0 Å². The van der Waals surface area contributed by atoms with Gasteiger partial charge in [-0.15, -0.1) is 5.10 Å². The number of fused-ring (bicyclic) bond motifs is 1. The zero-order chi connectivity index (χ0) is 18.9. The van der Waals surface area contributed by atoms with Crippen molar-refractivity contribution in [2.75, 3.05) is 13.1 Å². The van der Waals surface area contributed by atoms with Crippen molar-refractivity contribution in [3.8, 4) is 5.69 Å². The van der Waals surface area contributed by atoms with Gasteiger partial charge in [-0.25, -0.2) is 9.67 Å². The average molecular weight is 373 g/mol. The first kappa shape index (κ1) is 16.6. The van der Waals surface area contributed by atoms with E-state index in [2.05, 4.69) is 20.5 Å². The molecule has 2 aromatic heterocycles. The largest absolute Gasteiger partial charge is 0.342 e. The number of nitrogens with zero attached hydrogens (tertiary/aromatic N) is 6. The predicted molar refractivity (Wildman–Crippen MR) is 103 cm³/mol. The first-order valence-corrected chi connectivity index (χ1v) is 9.35. The number of tetrazole rings is 1. The molecule has 5 rings (SSSR count). The highest BCUT2D eigenvalue weighted by Gasteiger charge is 2.27. The Bertz CT molecular complexity index is 1090. The van der Waals surface area contributed by atoms with Gasteiger partial charge in [0.05, 0.1) is 16.7 Å². The molecule has 8 heteroatoms. The second-order valence-corrected chi connectivity index (χ2v) is 7.03. The molecule has 0 spiro atoms. The Morgan fingerprint density at radius 3 is 2.93 bits per heavy atom. The van der Waals surface area contributed by atoms with Crippen molar-refractivity contribution >= 4 is 16.9 Å². The van der Waals surface area contributed by atoms with Gasteiger partial charge in [-0.05, 0) is 53.6 Å². The Kier molecular flexibility index (Phi) is 4.08. The van der Waals surface area contributed by atoms with Crippen LogP contribution in [-0.2, 0) is 0 Å². The van der Waals surface area contributed by atoms with E-state index in [1.165, 1.54) is 6.33 Å². The topological polar surface area (TPSA) is 92.6 Å². The Hall–Kier alpha value is -3.55. The fraction of sp³-hybridized carbons (Fsp3) is 0.250. The van der Waals surface area contributed by atoms with Gasteiger partial charge in [0.25, 0.3) is 5.91 Å². The molecule has 1 amide bonds. The van der Waals surface area contributed by atoms with E-state index < -0.39 is 0 Å². The van der Waals surface area contributed by atoms with Crippen LogP contribution in [0.5, 0.6) is 0 Å². The number of aromatic amines is 1. The molecule has 0 bridgehead atoms. The molecule has 2 aromatic carbocycles. The first-order valence-electron chi connectivity index (χ1n) is 9.35. The van der Waals surface area contributed by atoms with Crippen molar-refractivity contribution < 1.29 is 4.79 Å². The zero-order valence-corrected chi connectivity index (χ0v) is 15.2. The summed E-state index contributed by atoms with van der Waals surface area (Å²) in [5, 5.41) is 11.2. The number of imidazole rings is 1. The van der Waals surface area contributed by atoms with Gasteiger partial charge in [0.1, 0.15) is 12.2 Å². The summed E-state index contributed by atoms with van der Waals surface area (Å²) in [4.78, 5) is 23.2. The number of H-pyrrole nitrogens is 1. The second-order valence-electron chi connectivity index (χ2n) is 7.03. The molecule has 4 aromatic rings. The predicted octanol–water partition coefficient (Wildman–Crippen LogP) is 2.56. The number of para-hydroxylation sites is 2. The standard InChI is InChI=1S/C20H19N7O/c28-20(14-5-3-7-16(11-14)27-13-21-24-25-27)26-10-4-6-15(12-26)19-22-17-8-1-2-9-18(17)23-19/h1-3,5,7-9,11,13,15H,4,6,10,12H2,(H,22,23). The van der Waals surface area contributed by atoms with Gasteiger partial charge < -0.3 is 9.88 Å². The molecule has 1 atom stereocenters. The van der Waals surface area contributed by atoms with Gasteiger partial charge in [-0.3, -0.25) is 4.79 Å². The highest BCUT2D eigenvalue weighted by molar-refractivity contribution is 5.94. The summed E-state index contributed by atoms with van der Waals surface area (Å²) >= 11 is 0. The molecule has 8 nitrogen and oxygen atoms in total. The van der Waals surface area contributed by atoms with Crippen LogP contribution in [0.2, 0.25) is 0 Å². The van der Waals surface area contributed by atoms with Gasteiger partial charge in [-0.1, -0.05) is 18.2 Å². The summed E-state index contributed by atoms with van der Waals surface area (Å²) in [7, 11) is 0. The fourth-order valence-electron chi connectivity index (χ4n) is 3.79. The molecule has 1 saturated heterocycles. The number of hydrogen-bond acceptors (Lipinski definition) is 5. The number of nitrogens with one attached hydrogen (secondary N) is 1. The SMILES string of the molecule is O=C(c1cccc(-n2cnnn2)c1)N1CCCC(c2nc3ccccc3[nH]2)C1. The number of carbonyl (C=O) groups excluding carboxylic acids is 1. The van der Waals surface area contributed by atoms with Crippen molar-refractivity contribution in [1.29, 1.82) is 0 Å². The van der Waals surface area contributed by atoms with Crippen LogP contribution in [0.25, 0.3) is 16.7 Å². The number of hydrogen-bond donors (Lipinski definition) is 1. The summed E-state index contributed by atoms with van der Waals surface area (Å²) in [6.07, 6.45) is 3.50. The van der Waals surface area contributed by atoms with Crippen molar-refractivity contribution in [2.24, 2.45) is 0 Å². The maximum Gasteiger partial charge on any atom is 0.253 e. The van der Waals surface area contributed by atoms with Crippen molar-refractivity contribution in [3.63, 3.8) is 0 Å². The zero-order valence-electron chi connectivity index (χ0n) is 15.2. The van der Waals surface area contributed by atoms with E-state index in [0.717, 1.165) is 41.9 Å². The Balaban J connectivity index is 1.37. The highest BCUT2D eigenvalue weighted by Crippen LogP contribution is 2.27. The highest BCUT2D eigenvalue weighted by atomic mass is 16.2. The normalized spacial score (nSPS) is 17.1. The maximum atomic E-state index is 13.1. The van der Waals surface area contributed by atoms with Crippen molar-refractivity contribution in [2.45, 2.75) is 18.8 Å². The lowest BCUT2D eigenvalue weighted by atomic mass is 9.96. The molecule has 3 heterocycles. The van der Waals surface area contributed by atoms with E-state index in [1.54, 1.807) is 4.68 Å². The molecule has 1 aliphatic rings. The minimum Gasteiger partial charge on any atom is -0.342 e. The molecule has 1 fully saturated rings. The second kappa shape index (κ2) is 6.88. The van der Waals surface area contributed by atoms with Crippen LogP contribution in [0.3, 0.4) is 0 Å². The van der Waals surface area contributed by atoms with E-state index in [-0.39, 0.29) is 11.8 Å². The third-order valence-corrected chi connectivity index (χ3v) is 5.21. The lowest BCUT2D eigenvalue weighted by molar-refractivity contribution is 0.0705. The summed E-state index contributed by atoms with van der Waals surface area (Å²) < 4.78 is 1.55. The summed E-state index contributed by atoms with van der Waals surface area (Å²) in [6, 6.07) is 15.4. The lowest BCUT2D eigenvalue weighted by Gasteiger charge is -2.32. The van der Waals surface area contributed by atoms with Crippen LogP contribution in [-0.4, -0.2) is 54.1 Å². The van der Waals surface area contributed by atoms with Gasteiger partial charge in [0.15, 0.2) is 0 Å². The number of amides is 1. The molecule has 0 radical (unpaired) electrons. The van der Waals surface area contributed by atoms with Crippen LogP contribution < -0.4 is 0 Å². The van der Waals surface area contributed by atoms with Crippen LogP contribution in [0.1, 0.15) is 34.9 Å². The van der Waals surface area contributed by atoms with E-state index in [9.17, 15) is 4.79 Å². The van der Waals surface area contributed by atoms with E-state index in [4.69, 9.17) is 4.98 Å². The number of piperidine rings is 1. The lowest BCUT2D eigenvalue weighted by Crippen LogP contribution is -2.39. The fourth-order valence-corrected chi connectivity index (χ4v) is 3.79. The molecule has 1 N–H and O–H groups in total. The number of aromatic nitrogens is 6. The third-order valence-electron chi connectivity index (χ3n) is 5.21. The molecular weight excluding hydrogens is 354 g/mol. The first-order chi connectivity index (χ1) is 13.8. The average Bonchev–Trinajstić information content (AvgIpc) is 3.43. The molecule has 140 valence electrons. The van der Waals surface area contributed by atoms with Crippen LogP contribution in [0, 0.1) is 0 Å². The van der Waals surface area contributed by atoms with Crippen molar-refractivity contribution in [3.05, 3.63) is 66.2 Å². The minimum atomic E-state index is 0.0238. The third kappa shape index (κ3) is 3.02. The quantitative estimate of drug-likeness (QED) is 0.596. The van der Waals surface area contributed by atoms with Gasteiger partial charge in [0, 0.05) is 24.6 Å². The van der Waals surface area contributed by atoms with Crippen LogP contribution >= 0.6 is 0 Å². The van der Waals surface area contributed by atoms with Gasteiger partial charge in [-0.2, -0.15) is 0 Å². The van der Waals surface area contributed by atoms with Crippen LogP contribution in [0.15, 0.2) is 54.9 Å². The number of carbonyl (C=O) groups is 1. The summed E-state index contributed by atoms with van der Waals surface area (Å²) in [5.41, 5.74) is 3.41. The van der Waals surface area contributed by atoms with Crippen molar-refractivity contribution in [1.82, 2.24) is 35.1 Å². The Morgan fingerprint density at radius 1 is 1.14 bits per heavy atom. The van der Waals surface area contributed by atoms with E-state index >= 15 is 0 Å². The van der Waals surface area contributed by atoms with E-state index in [0.29, 0.717) is 12.1 Å². The smallest absolute Gasteiger partial charge is 0.253 e. The number of rotatable bonds is 3. The summed E-state index contributed by atoms with van der Waals surface area (Å²) in [6.45, 7) is 1.42.